The Balaban J connectivity index is 1.68. The molecule has 26 heavy (non-hydrogen) atoms. The zero-order valence-electron chi connectivity index (χ0n) is 14.2. The van der Waals surface area contributed by atoms with E-state index in [2.05, 4.69) is 15.9 Å². The van der Waals surface area contributed by atoms with Crippen LogP contribution in [0.2, 0.25) is 5.02 Å². The Morgan fingerprint density at radius 3 is 2.27 bits per heavy atom. The Morgan fingerprint density at radius 1 is 1.00 bits per heavy atom. The molecule has 0 saturated carbocycles. The van der Waals surface area contributed by atoms with Crippen molar-refractivity contribution < 1.29 is 14.3 Å². The van der Waals surface area contributed by atoms with E-state index in [1.54, 1.807) is 40.1 Å². The van der Waals surface area contributed by atoms with Crippen LogP contribution in [0.1, 0.15) is 20.7 Å². The van der Waals surface area contributed by atoms with Crippen molar-refractivity contribution in [1.29, 1.82) is 0 Å². The van der Waals surface area contributed by atoms with Gasteiger partial charge in [0.1, 0.15) is 5.75 Å². The number of amides is 2. The van der Waals surface area contributed by atoms with Gasteiger partial charge in [0.15, 0.2) is 0 Å². The minimum Gasteiger partial charge on any atom is -0.496 e. The summed E-state index contributed by atoms with van der Waals surface area (Å²) in [6, 6.07) is 12.3. The molecule has 7 heteroatoms. The van der Waals surface area contributed by atoms with Gasteiger partial charge in [-0.05, 0) is 36.4 Å². The molecule has 1 aliphatic heterocycles. The lowest BCUT2D eigenvalue weighted by Crippen LogP contribution is -2.50. The van der Waals surface area contributed by atoms with E-state index in [0.29, 0.717) is 48.1 Å². The standard InChI is InChI=1S/C19H18BrClN2O3/c1-26-17-6-5-15(21)12-16(17)19(25)23-9-7-22(8-10-23)18(24)13-3-2-4-14(20)11-13/h2-6,11-12H,7-10H2,1H3. The highest BCUT2D eigenvalue weighted by atomic mass is 79.9. The van der Waals surface area contributed by atoms with Crippen LogP contribution >= 0.6 is 27.5 Å². The summed E-state index contributed by atoms with van der Waals surface area (Å²) in [5, 5.41) is 0.484. The quantitative estimate of drug-likeness (QED) is 0.735. The van der Waals surface area contributed by atoms with Gasteiger partial charge in [0.25, 0.3) is 11.8 Å². The van der Waals surface area contributed by atoms with Crippen molar-refractivity contribution >= 4 is 39.3 Å². The summed E-state index contributed by atoms with van der Waals surface area (Å²) in [7, 11) is 1.52. The van der Waals surface area contributed by atoms with Gasteiger partial charge in [0.05, 0.1) is 12.7 Å². The van der Waals surface area contributed by atoms with Crippen molar-refractivity contribution in [3.8, 4) is 5.75 Å². The Hall–Kier alpha value is -2.05. The molecule has 0 N–H and O–H groups in total. The predicted molar refractivity (Wildman–Crippen MR) is 104 cm³/mol. The van der Waals surface area contributed by atoms with E-state index in [1.807, 2.05) is 12.1 Å². The monoisotopic (exact) mass is 436 g/mol. The minimum absolute atomic E-state index is 0.0289. The number of benzene rings is 2. The van der Waals surface area contributed by atoms with Gasteiger partial charge in [0.2, 0.25) is 0 Å². The van der Waals surface area contributed by atoms with Crippen LogP contribution in [0.5, 0.6) is 5.75 Å². The van der Waals surface area contributed by atoms with Gasteiger partial charge in [0, 0.05) is 41.2 Å². The molecule has 3 rings (SSSR count). The molecule has 1 saturated heterocycles. The number of ether oxygens (including phenoxy) is 1. The second kappa shape index (κ2) is 8.10. The number of hydrogen-bond acceptors (Lipinski definition) is 3. The molecule has 0 atom stereocenters. The molecule has 0 bridgehead atoms. The van der Waals surface area contributed by atoms with E-state index in [1.165, 1.54) is 7.11 Å². The van der Waals surface area contributed by atoms with E-state index < -0.39 is 0 Å². The van der Waals surface area contributed by atoms with E-state index in [4.69, 9.17) is 16.3 Å². The molecule has 2 amide bonds. The molecule has 136 valence electrons. The molecule has 2 aromatic rings. The van der Waals surface area contributed by atoms with Crippen LogP contribution in [0.3, 0.4) is 0 Å². The van der Waals surface area contributed by atoms with Crippen molar-refractivity contribution in [2.75, 3.05) is 33.3 Å². The number of nitrogens with zero attached hydrogens (tertiary/aromatic N) is 2. The van der Waals surface area contributed by atoms with Crippen LogP contribution in [0.15, 0.2) is 46.9 Å². The van der Waals surface area contributed by atoms with Crippen LogP contribution in [-0.4, -0.2) is 54.9 Å². The van der Waals surface area contributed by atoms with Crippen molar-refractivity contribution in [3.05, 3.63) is 63.1 Å². The summed E-state index contributed by atoms with van der Waals surface area (Å²) in [5.41, 5.74) is 1.07. The molecular formula is C19H18BrClN2O3. The first-order valence-corrected chi connectivity index (χ1v) is 9.34. The number of rotatable bonds is 3. The molecule has 2 aromatic carbocycles. The second-order valence-corrected chi connectivity index (χ2v) is 7.29. The SMILES string of the molecule is COc1ccc(Cl)cc1C(=O)N1CCN(C(=O)c2cccc(Br)c2)CC1. The molecule has 0 spiro atoms. The first-order chi connectivity index (χ1) is 12.5. The van der Waals surface area contributed by atoms with Crippen molar-refractivity contribution in [2.45, 2.75) is 0 Å². The van der Waals surface area contributed by atoms with Gasteiger partial charge in [-0.15, -0.1) is 0 Å². The maximum absolute atomic E-state index is 12.8. The number of halogens is 2. The number of piperazine rings is 1. The molecule has 0 aliphatic carbocycles. The maximum atomic E-state index is 12.8. The average molecular weight is 438 g/mol. The van der Waals surface area contributed by atoms with Crippen LogP contribution in [-0.2, 0) is 0 Å². The zero-order valence-corrected chi connectivity index (χ0v) is 16.6. The summed E-state index contributed by atoms with van der Waals surface area (Å²) in [6.45, 7) is 1.91. The van der Waals surface area contributed by atoms with Crippen molar-refractivity contribution in [1.82, 2.24) is 9.80 Å². The number of methoxy groups -OCH3 is 1. The largest absolute Gasteiger partial charge is 0.496 e. The molecule has 0 unspecified atom stereocenters. The van der Waals surface area contributed by atoms with Crippen LogP contribution in [0.25, 0.3) is 0 Å². The first-order valence-electron chi connectivity index (χ1n) is 8.17. The minimum atomic E-state index is -0.140. The molecule has 5 nitrogen and oxygen atoms in total. The smallest absolute Gasteiger partial charge is 0.257 e. The summed E-state index contributed by atoms with van der Waals surface area (Å²) in [5.74, 6) is 0.324. The molecule has 1 aliphatic rings. The third kappa shape index (κ3) is 4.02. The third-order valence-corrected chi connectivity index (χ3v) is 5.05. The van der Waals surface area contributed by atoms with E-state index in [-0.39, 0.29) is 11.8 Å². The summed E-state index contributed by atoms with van der Waals surface area (Å²) < 4.78 is 6.13. The maximum Gasteiger partial charge on any atom is 0.257 e. The summed E-state index contributed by atoms with van der Waals surface area (Å²) in [4.78, 5) is 28.9. The fourth-order valence-corrected chi connectivity index (χ4v) is 3.51. The predicted octanol–water partition coefficient (Wildman–Crippen LogP) is 3.71. The third-order valence-electron chi connectivity index (χ3n) is 4.32. The number of carbonyl (C=O) groups is 2. The van der Waals surface area contributed by atoms with Crippen molar-refractivity contribution in [3.63, 3.8) is 0 Å². The molecular weight excluding hydrogens is 420 g/mol. The Kier molecular flexibility index (Phi) is 5.84. The average Bonchev–Trinajstić information content (AvgIpc) is 2.67. The fourth-order valence-electron chi connectivity index (χ4n) is 2.93. The Morgan fingerprint density at radius 2 is 1.65 bits per heavy atom. The van der Waals surface area contributed by atoms with Gasteiger partial charge >= 0.3 is 0 Å². The van der Waals surface area contributed by atoms with Gasteiger partial charge in [-0.25, -0.2) is 0 Å². The molecule has 1 fully saturated rings. The Bertz CT molecular complexity index is 835. The number of hydrogen-bond donors (Lipinski definition) is 0. The Labute approximate surface area is 165 Å². The highest BCUT2D eigenvalue weighted by molar-refractivity contribution is 9.10. The van der Waals surface area contributed by atoms with Crippen LogP contribution < -0.4 is 4.74 Å². The van der Waals surface area contributed by atoms with E-state index in [0.717, 1.165) is 4.47 Å². The fraction of sp³-hybridized carbons (Fsp3) is 0.263. The highest BCUT2D eigenvalue weighted by Gasteiger charge is 2.27. The van der Waals surface area contributed by atoms with Gasteiger partial charge in [-0.3, -0.25) is 9.59 Å². The normalized spacial score (nSPS) is 14.3. The second-order valence-electron chi connectivity index (χ2n) is 5.94. The van der Waals surface area contributed by atoms with Gasteiger partial charge < -0.3 is 14.5 Å². The first kappa shape index (κ1) is 18.7. The summed E-state index contributed by atoms with van der Waals surface area (Å²) >= 11 is 9.40. The zero-order chi connectivity index (χ0) is 18.7. The van der Waals surface area contributed by atoms with E-state index in [9.17, 15) is 9.59 Å². The molecule has 1 heterocycles. The number of carbonyl (C=O) groups excluding carboxylic acids is 2. The lowest BCUT2D eigenvalue weighted by molar-refractivity contribution is 0.0533. The van der Waals surface area contributed by atoms with E-state index >= 15 is 0 Å². The highest BCUT2D eigenvalue weighted by Crippen LogP contribution is 2.25. The lowest BCUT2D eigenvalue weighted by atomic mass is 10.1. The lowest BCUT2D eigenvalue weighted by Gasteiger charge is -2.35. The molecule has 0 radical (unpaired) electrons. The summed E-state index contributed by atoms with van der Waals surface area (Å²) in [6.07, 6.45) is 0. The topological polar surface area (TPSA) is 49.9 Å². The van der Waals surface area contributed by atoms with Gasteiger partial charge in [-0.2, -0.15) is 0 Å². The van der Waals surface area contributed by atoms with Crippen molar-refractivity contribution in [2.24, 2.45) is 0 Å². The van der Waals surface area contributed by atoms with Crippen LogP contribution in [0, 0.1) is 0 Å². The van der Waals surface area contributed by atoms with Gasteiger partial charge in [-0.1, -0.05) is 33.6 Å². The molecule has 0 aromatic heterocycles. The van der Waals surface area contributed by atoms with Crippen LogP contribution in [0.4, 0.5) is 0 Å².